The van der Waals surface area contributed by atoms with E-state index in [2.05, 4.69) is 17.6 Å². The van der Waals surface area contributed by atoms with Crippen LogP contribution in [0.3, 0.4) is 0 Å². The Morgan fingerprint density at radius 2 is 2.06 bits per heavy atom. The van der Waals surface area contributed by atoms with Crippen LogP contribution in [0.1, 0.15) is 35.7 Å². The third-order valence-corrected chi connectivity index (χ3v) is 3.80. The molecule has 0 radical (unpaired) electrons. The van der Waals surface area contributed by atoms with Crippen molar-refractivity contribution in [1.29, 1.82) is 0 Å². The quantitative estimate of drug-likeness (QED) is 0.864. The van der Waals surface area contributed by atoms with Gasteiger partial charge in [0.1, 0.15) is 0 Å². The van der Waals surface area contributed by atoms with E-state index < -0.39 is 0 Å². The molecule has 0 saturated carbocycles. The number of nitrogens with one attached hydrogen (secondary N) is 2. The predicted octanol–water partition coefficient (Wildman–Crippen LogP) is 2.52. The summed E-state index contributed by atoms with van der Waals surface area (Å²) in [5.74, 6) is -0.0793. The van der Waals surface area contributed by atoms with E-state index in [9.17, 15) is 4.79 Å². The van der Waals surface area contributed by atoms with Crippen LogP contribution in [0.2, 0.25) is 5.02 Å². The van der Waals surface area contributed by atoms with Crippen LogP contribution in [0, 0.1) is 6.92 Å². The maximum absolute atomic E-state index is 12.2. The molecule has 0 atom stereocenters. The highest BCUT2D eigenvalue weighted by atomic mass is 35.5. The molecule has 4 heteroatoms. The molecule has 0 unspecified atom stereocenters. The molecule has 1 amide bonds. The minimum absolute atomic E-state index is 0.0793. The van der Waals surface area contributed by atoms with Crippen molar-refractivity contribution < 1.29 is 4.79 Å². The fourth-order valence-electron chi connectivity index (χ4n) is 2.25. The summed E-state index contributed by atoms with van der Waals surface area (Å²) in [7, 11) is 0. The standard InChI is InChI=1S/C14H19ClN2O/c1-10-3-4-11(12(15)9-10)13(18)17-14(2)5-7-16-8-6-14/h3-4,9,16H,5-8H2,1-2H3,(H,17,18). The van der Waals surface area contributed by atoms with E-state index in [1.807, 2.05) is 19.1 Å². The van der Waals surface area contributed by atoms with Gasteiger partial charge in [0.2, 0.25) is 0 Å². The summed E-state index contributed by atoms with van der Waals surface area (Å²) in [5.41, 5.74) is 1.49. The second-order valence-electron chi connectivity index (χ2n) is 5.25. The highest BCUT2D eigenvalue weighted by Gasteiger charge is 2.29. The summed E-state index contributed by atoms with van der Waals surface area (Å²) in [4.78, 5) is 12.2. The molecule has 2 N–H and O–H groups in total. The van der Waals surface area contributed by atoms with Crippen LogP contribution in [-0.2, 0) is 0 Å². The topological polar surface area (TPSA) is 41.1 Å². The van der Waals surface area contributed by atoms with Crippen molar-refractivity contribution >= 4 is 17.5 Å². The molecule has 3 nitrogen and oxygen atoms in total. The fourth-order valence-corrected chi connectivity index (χ4v) is 2.57. The monoisotopic (exact) mass is 266 g/mol. The fraction of sp³-hybridized carbons (Fsp3) is 0.500. The number of carbonyl (C=O) groups is 1. The van der Waals surface area contributed by atoms with Crippen molar-refractivity contribution in [3.05, 3.63) is 34.3 Å². The van der Waals surface area contributed by atoms with Crippen molar-refractivity contribution in [2.24, 2.45) is 0 Å². The van der Waals surface area contributed by atoms with Crippen LogP contribution in [0.15, 0.2) is 18.2 Å². The first-order valence-electron chi connectivity index (χ1n) is 6.30. The number of hydrogen-bond donors (Lipinski definition) is 2. The molecule has 0 bridgehead atoms. The first-order valence-corrected chi connectivity index (χ1v) is 6.67. The van der Waals surface area contributed by atoms with E-state index >= 15 is 0 Å². The van der Waals surface area contributed by atoms with E-state index in [1.54, 1.807) is 6.07 Å². The van der Waals surface area contributed by atoms with Crippen LogP contribution < -0.4 is 10.6 Å². The lowest BCUT2D eigenvalue weighted by Gasteiger charge is -2.35. The Kier molecular flexibility index (Phi) is 3.93. The summed E-state index contributed by atoms with van der Waals surface area (Å²) in [6.45, 7) is 5.94. The van der Waals surface area contributed by atoms with Gasteiger partial charge in [-0.25, -0.2) is 0 Å². The molecule has 1 fully saturated rings. The Hall–Kier alpha value is -1.06. The van der Waals surface area contributed by atoms with Gasteiger partial charge in [0.25, 0.3) is 5.91 Å². The second-order valence-corrected chi connectivity index (χ2v) is 5.66. The average molecular weight is 267 g/mol. The lowest BCUT2D eigenvalue weighted by Crippen LogP contribution is -2.52. The molecule has 1 aromatic rings. The minimum atomic E-state index is -0.128. The number of aryl methyl sites for hydroxylation is 1. The van der Waals surface area contributed by atoms with Gasteiger partial charge in [0, 0.05) is 5.54 Å². The van der Waals surface area contributed by atoms with E-state index in [-0.39, 0.29) is 11.4 Å². The molecule has 18 heavy (non-hydrogen) atoms. The Morgan fingerprint density at radius 1 is 1.39 bits per heavy atom. The van der Waals surface area contributed by atoms with Crippen molar-refractivity contribution in [3.8, 4) is 0 Å². The minimum Gasteiger partial charge on any atom is -0.347 e. The smallest absolute Gasteiger partial charge is 0.253 e. The van der Waals surface area contributed by atoms with Gasteiger partial charge < -0.3 is 10.6 Å². The molecule has 2 rings (SSSR count). The van der Waals surface area contributed by atoms with Crippen molar-refractivity contribution in [1.82, 2.24) is 10.6 Å². The normalized spacial score (nSPS) is 18.4. The first kappa shape index (κ1) is 13.4. The van der Waals surface area contributed by atoms with E-state index in [4.69, 9.17) is 11.6 Å². The average Bonchev–Trinajstić information content (AvgIpc) is 2.28. The van der Waals surface area contributed by atoms with Crippen molar-refractivity contribution in [3.63, 3.8) is 0 Å². The van der Waals surface area contributed by atoms with Gasteiger partial charge in [-0.05, 0) is 57.5 Å². The van der Waals surface area contributed by atoms with Crippen LogP contribution in [0.4, 0.5) is 0 Å². The maximum Gasteiger partial charge on any atom is 0.253 e. The predicted molar refractivity (Wildman–Crippen MR) is 74.2 cm³/mol. The third-order valence-electron chi connectivity index (χ3n) is 3.49. The molecular weight excluding hydrogens is 248 g/mol. The molecular formula is C14H19ClN2O. The molecule has 1 heterocycles. The molecule has 1 saturated heterocycles. The Balaban J connectivity index is 2.11. The zero-order chi connectivity index (χ0) is 13.2. The Bertz CT molecular complexity index is 453. The zero-order valence-corrected chi connectivity index (χ0v) is 11.6. The number of carbonyl (C=O) groups excluding carboxylic acids is 1. The van der Waals surface area contributed by atoms with Gasteiger partial charge in [-0.15, -0.1) is 0 Å². The number of hydrogen-bond acceptors (Lipinski definition) is 2. The summed E-state index contributed by atoms with van der Waals surface area (Å²) < 4.78 is 0. The van der Waals surface area contributed by atoms with Crippen LogP contribution in [0.5, 0.6) is 0 Å². The molecule has 0 spiro atoms. The highest BCUT2D eigenvalue weighted by molar-refractivity contribution is 6.33. The van der Waals surface area contributed by atoms with Crippen LogP contribution >= 0.6 is 11.6 Å². The van der Waals surface area contributed by atoms with E-state index in [1.165, 1.54) is 0 Å². The molecule has 0 aliphatic carbocycles. The summed E-state index contributed by atoms with van der Waals surface area (Å²) in [6.07, 6.45) is 1.89. The summed E-state index contributed by atoms with van der Waals surface area (Å²) in [5, 5.41) is 6.92. The SMILES string of the molecule is Cc1ccc(C(=O)NC2(C)CCNCC2)c(Cl)c1. The van der Waals surface area contributed by atoms with Gasteiger partial charge >= 0.3 is 0 Å². The zero-order valence-electron chi connectivity index (χ0n) is 10.8. The number of benzene rings is 1. The molecule has 1 aromatic carbocycles. The van der Waals surface area contributed by atoms with Crippen molar-refractivity contribution in [2.45, 2.75) is 32.2 Å². The van der Waals surface area contributed by atoms with Gasteiger partial charge in [-0.2, -0.15) is 0 Å². The lowest BCUT2D eigenvalue weighted by atomic mass is 9.90. The van der Waals surface area contributed by atoms with Crippen molar-refractivity contribution in [2.75, 3.05) is 13.1 Å². The van der Waals surface area contributed by atoms with Gasteiger partial charge in [-0.3, -0.25) is 4.79 Å². The molecule has 1 aliphatic rings. The summed E-state index contributed by atoms with van der Waals surface area (Å²) in [6, 6.07) is 5.52. The van der Waals surface area contributed by atoms with Crippen LogP contribution in [-0.4, -0.2) is 24.5 Å². The Morgan fingerprint density at radius 3 is 2.67 bits per heavy atom. The summed E-state index contributed by atoms with van der Waals surface area (Å²) >= 11 is 6.11. The number of piperidine rings is 1. The van der Waals surface area contributed by atoms with Gasteiger partial charge in [0.05, 0.1) is 10.6 Å². The molecule has 1 aliphatic heterocycles. The first-order chi connectivity index (χ1) is 8.50. The largest absolute Gasteiger partial charge is 0.347 e. The van der Waals surface area contributed by atoms with E-state index in [0.717, 1.165) is 31.5 Å². The molecule has 0 aromatic heterocycles. The second kappa shape index (κ2) is 5.29. The van der Waals surface area contributed by atoms with Gasteiger partial charge in [-0.1, -0.05) is 17.7 Å². The lowest BCUT2D eigenvalue weighted by molar-refractivity contribution is 0.0887. The number of rotatable bonds is 2. The number of amides is 1. The highest BCUT2D eigenvalue weighted by Crippen LogP contribution is 2.21. The Labute approximate surface area is 113 Å². The van der Waals surface area contributed by atoms with Gasteiger partial charge in [0.15, 0.2) is 0 Å². The van der Waals surface area contributed by atoms with E-state index in [0.29, 0.717) is 10.6 Å². The van der Waals surface area contributed by atoms with Crippen LogP contribution in [0.25, 0.3) is 0 Å². The number of halogens is 1. The third kappa shape index (κ3) is 3.03. The maximum atomic E-state index is 12.2. The molecule has 98 valence electrons.